The molecule has 5 heteroatoms. The van der Waals surface area contributed by atoms with E-state index in [1.54, 1.807) is 24.3 Å². The van der Waals surface area contributed by atoms with Gasteiger partial charge in [-0.05, 0) is 32.0 Å². The maximum Gasteiger partial charge on any atom is 0.229 e. The third kappa shape index (κ3) is 2.68. The van der Waals surface area contributed by atoms with Crippen LogP contribution >= 0.6 is 11.6 Å². The van der Waals surface area contributed by atoms with Gasteiger partial charge >= 0.3 is 0 Å². The van der Waals surface area contributed by atoms with Crippen LogP contribution in [0.25, 0.3) is 0 Å². The summed E-state index contributed by atoms with van der Waals surface area (Å²) in [6, 6.07) is 6.81. The first-order valence-corrected chi connectivity index (χ1v) is 7.91. The van der Waals surface area contributed by atoms with Crippen molar-refractivity contribution in [2.24, 2.45) is 23.7 Å². The average molecular weight is 331 g/mol. The number of carbonyl (C=O) groups excluding carboxylic acids is 2. The number of carboxylic acids is 1. The van der Waals surface area contributed by atoms with Crippen LogP contribution in [0, 0.1) is 23.7 Å². The van der Waals surface area contributed by atoms with Gasteiger partial charge in [0.25, 0.3) is 0 Å². The zero-order valence-corrected chi connectivity index (χ0v) is 13.6. The zero-order valence-electron chi connectivity index (χ0n) is 12.9. The number of fused-ring (bicyclic) bond motifs is 2. The molecule has 2 aliphatic rings. The number of halogens is 1. The molecule has 2 bridgehead atoms. The zero-order chi connectivity index (χ0) is 16.7. The molecule has 4 nitrogen and oxygen atoms in total. The highest BCUT2D eigenvalue weighted by atomic mass is 35.5. The van der Waals surface area contributed by atoms with Crippen LogP contribution in [0.4, 0.5) is 5.69 Å². The first-order valence-electron chi connectivity index (χ1n) is 7.53. The van der Waals surface area contributed by atoms with E-state index in [2.05, 4.69) is 5.32 Å². The van der Waals surface area contributed by atoms with Crippen LogP contribution in [0.3, 0.4) is 0 Å². The van der Waals surface area contributed by atoms with Crippen LogP contribution in [0.2, 0.25) is 5.02 Å². The van der Waals surface area contributed by atoms with E-state index in [9.17, 15) is 14.7 Å². The van der Waals surface area contributed by atoms with Gasteiger partial charge in [0.15, 0.2) is 0 Å². The first-order chi connectivity index (χ1) is 10.9. The summed E-state index contributed by atoms with van der Waals surface area (Å²) in [6.07, 6.45) is 3.82. The van der Waals surface area contributed by atoms with Gasteiger partial charge < -0.3 is 15.2 Å². The Morgan fingerprint density at radius 2 is 1.78 bits per heavy atom. The summed E-state index contributed by atoms with van der Waals surface area (Å²) in [5, 5.41) is 14.9. The van der Waals surface area contributed by atoms with Crippen LogP contribution in [0.15, 0.2) is 47.6 Å². The quantitative estimate of drug-likeness (QED) is 0.865. The van der Waals surface area contributed by atoms with Crippen molar-refractivity contribution < 1.29 is 14.7 Å². The second-order valence-corrected chi connectivity index (χ2v) is 6.70. The Kier molecular flexibility index (Phi) is 4.02. The third-order valence-corrected chi connectivity index (χ3v) is 4.88. The molecule has 0 saturated heterocycles. The number of benzene rings is 1. The van der Waals surface area contributed by atoms with E-state index in [4.69, 9.17) is 11.6 Å². The Morgan fingerprint density at radius 3 is 2.35 bits per heavy atom. The van der Waals surface area contributed by atoms with E-state index in [-0.39, 0.29) is 17.7 Å². The van der Waals surface area contributed by atoms with Crippen molar-refractivity contribution in [2.45, 2.75) is 13.8 Å². The lowest BCUT2D eigenvalue weighted by molar-refractivity contribution is -0.313. The SMILES string of the molecule is CC(C)=C1[C@@H]2C=C[C@@H]1[C@@H](C(=O)Nc1cccc(Cl)c1)[C@H]2C(=O)[O-]. The maximum absolute atomic E-state index is 12.7. The van der Waals surface area contributed by atoms with Crippen LogP contribution in [-0.4, -0.2) is 11.9 Å². The molecule has 0 spiro atoms. The number of hydrogen-bond donors (Lipinski definition) is 1. The van der Waals surface area contributed by atoms with Gasteiger partial charge in [-0.3, -0.25) is 4.79 Å². The molecule has 4 atom stereocenters. The van der Waals surface area contributed by atoms with Crippen LogP contribution in [-0.2, 0) is 9.59 Å². The number of amides is 1. The molecular formula is C18H17ClNO3-. The molecule has 0 aromatic heterocycles. The summed E-state index contributed by atoms with van der Waals surface area (Å²) < 4.78 is 0. The normalized spacial score (nSPS) is 28.0. The number of carboxylic acid groups (broad SMARTS) is 1. The fourth-order valence-corrected chi connectivity index (χ4v) is 4.01. The molecule has 0 heterocycles. The molecule has 0 aliphatic heterocycles. The fraction of sp³-hybridized carbons (Fsp3) is 0.333. The van der Waals surface area contributed by atoms with Gasteiger partial charge in [-0.2, -0.15) is 0 Å². The Balaban J connectivity index is 1.91. The summed E-state index contributed by atoms with van der Waals surface area (Å²) in [7, 11) is 0. The summed E-state index contributed by atoms with van der Waals surface area (Å²) in [6.45, 7) is 3.90. The minimum absolute atomic E-state index is 0.174. The molecular weight excluding hydrogens is 314 g/mol. The smallest absolute Gasteiger partial charge is 0.229 e. The number of allylic oxidation sites excluding steroid dienone is 4. The van der Waals surface area contributed by atoms with E-state index in [0.29, 0.717) is 10.7 Å². The molecule has 2 aliphatic carbocycles. The molecule has 120 valence electrons. The summed E-state index contributed by atoms with van der Waals surface area (Å²) in [5.41, 5.74) is 2.66. The van der Waals surface area contributed by atoms with Gasteiger partial charge in [-0.1, -0.05) is 41.0 Å². The van der Waals surface area contributed by atoms with Crippen LogP contribution in [0.1, 0.15) is 13.8 Å². The number of anilines is 1. The summed E-state index contributed by atoms with van der Waals surface area (Å²) >= 11 is 5.92. The summed E-state index contributed by atoms with van der Waals surface area (Å²) in [4.78, 5) is 24.3. The largest absolute Gasteiger partial charge is 0.550 e. The standard InChI is InChI=1S/C18H18ClNO3/c1-9(2)14-12-6-7-13(14)16(18(22)23)15(12)17(21)20-11-5-3-4-10(19)8-11/h3-8,12-13,15-16H,1-2H3,(H,20,21)(H,22,23)/p-1/t12-,13-,15+,16-/m0/s1. The highest BCUT2D eigenvalue weighted by Gasteiger charge is 2.52. The molecule has 1 aromatic carbocycles. The Hall–Kier alpha value is -2.07. The van der Waals surface area contributed by atoms with Crippen molar-refractivity contribution in [1.29, 1.82) is 0 Å². The van der Waals surface area contributed by atoms with E-state index in [1.807, 2.05) is 26.0 Å². The second-order valence-electron chi connectivity index (χ2n) is 6.26. The molecule has 1 amide bonds. The second kappa shape index (κ2) is 5.85. The van der Waals surface area contributed by atoms with Crippen LogP contribution < -0.4 is 10.4 Å². The number of aliphatic carboxylic acids is 1. The van der Waals surface area contributed by atoms with Gasteiger partial charge in [0.1, 0.15) is 0 Å². The topological polar surface area (TPSA) is 69.2 Å². The number of hydrogen-bond acceptors (Lipinski definition) is 3. The Bertz CT molecular complexity index is 734. The summed E-state index contributed by atoms with van der Waals surface area (Å²) in [5.74, 6) is -3.38. The van der Waals surface area contributed by atoms with Crippen molar-refractivity contribution in [2.75, 3.05) is 5.32 Å². The third-order valence-electron chi connectivity index (χ3n) is 4.65. The first kappa shape index (κ1) is 15.8. The molecule has 1 N–H and O–H groups in total. The number of nitrogens with one attached hydrogen (secondary N) is 1. The van der Waals surface area contributed by atoms with Gasteiger partial charge in [-0.25, -0.2) is 0 Å². The number of carbonyl (C=O) groups is 2. The van der Waals surface area contributed by atoms with Crippen LogP contribution in [0.5, 0.6) is 0 Å². The number of rotatable bonds is 3. The molecule has 0 unspecified atom stereocenters. The van der Waals surface area contributed by atoms with E-state index in [1.165, 1.54) is 0 Å². The van der Waals surface area contributed by atoms with Gasteiger partial charge in [-0.15, -0.1) is 0 Å². The minimum Gasteiger partial charge on any atom is -0.550 e. The Morgan fingerprint density at radius 1 is 1.13 bits per heavy atom. The van der Waals surface area contributed by atoms with E-state index in [0.717, 1.165) is 11.1 Å². The highest BCUT2D eigenvalue weighted by molar-refractivity contribution is 6.30. The lowest BCUT2D eigenvalue weighted by atomic mass is 9.82. The molecule has 1 aromatic rings. The lowest BCUT2D eigenvalue weighted by Crippen LogP contribution is -2.42. The van der Waals surface area contributed by atoms with Crippen molar-refractivity contribution >= 4 is 29.2 Å². The van der Waals surface area contributed by atoms with Crippen molar-refractivity contribution in [3.8, 4) is 0 Å². The van der Waals surface area contributed by atoms with Crippen molar-refractivity contribution in [3.05, 3.63) is 52.6 Å². The monoisotopic (exact) mass is 330 g/mol. The predicted octanol–water partition coefficient (Wildman–Crippen LogP) is 2.41. The van der Waals surface area contributed by atoms with Crippen molar-refractivity contribution in [1.82, 2.24) is 0 Å². The van der Waals surface area contributed by atoms with Gasteiger partial charge in [0.05, 0.1) is 5.92 Å². The van der Waals surface area contributed by atoms with Gasteiger partial charge in [0, 0.05) is 34.4 Å². The molecule has 23 heavy (non-hydrogen) atoms. The van der Waals surface area contributed by atoms with Crippen molar-refractivity contribution in [3.63, 3.8) is 0 Å². The lowest BCUT2D eigenvalue weighted by Gasteiger charge is -2.27. The predicted molar refractivity (Wildman–Crippen MR) is 86.6 cm³/mol. The fourth-order valence-electron chi connectivity index (χ4n) is 3.82. The molecule has 3 rings (SSSR count). The van der Waals surface area contributed by atoms with E-state index < -0.39 is 17.8 Å². The Labute approximate surface area is 139 Å². The molecule has 1 saturated carbocycles. The highest BCUT2D eigenvalue weighted by Crippen LogP contribution is 2.53. The van der Waals surface area contributed by atoms with E-state index >= 15 is 0 Å². The molecule has 1 fully saturated rings. The average Bonchev–Trinajstić information content (AvgIpc) is 3.02. The minimum atomic E-state index is -1.17. The maximum atomic E-state index is 12.7. The molecule has 0 radical (unpaired) electrons. The van der Waals surface area contributed by atoms with Gasteiger partial charge in [0.2, 0.25) is 5.91 Å².